The third kappa shape index (κ3) is 38.0. The van der Waals surface area contributed by atoms with Crippen LogP contribution in [0.2, 0.25) is 0 Å². The first kappa shape index (κ1) is 51.7. The quantitative estimate of drug-likeness (QED) is 0.0237. The number of carbonyl (C=O) groups excluding carboxylic acids is 1. The number of carboxylic acids is 1. The summed E-state index contributed by atoms with van der Waals surface area (Å²) in [5.41, 5.74) is 5.35. The van der Waals surface area contributed by atoms with Crippen LogP contribution in [0.3, 0.4) is 0 Å². The molecule has 0 aromatic rings. The van der Waals surface area contributed by atoms with Gasteiger partial charge in [0.15, 0.2) is 0 Å². The largest absolute Gasteiger partial charge is 0.480 e. The molecule has 0 amide bonds. The first-order chi connectivity index (χ1) is 26.2. The Morgan fingerprint density at radius 2 is 1.07 bits per heavy atom. The Kier molecular flexibility index (Phi) is 37.2. The molecule has 0 aliphatic carbocycles. The Bertz CT molecular complexity index is 1090. The predicted molar refractivity (Wildman–Crippen MR) is 221 cm³/mol. The average molecular weight is 782 g/mol. The summed E-state index contributed by atoms with van der Waals surface area (Å²) in [5, 5.41) is 8.88. The summed E-state index contributed by atoms with van der Waals surface area (Å²) in [4.78, 5) is 33.5. The molecule has 0 rings (SSSR count). The van der Waals surface area contributed by atoms with Crippen LogP contribution in [-0.2, 0) is 32.7 Å². The number of rotatable bonds is 39. The van der Waals surface area contributed by atoms with E-state index in [4.69, 9.17) is 29.4 Å². The molecular weight excluding hydrogens is 705 g/mol. The Labute approximate surface area is 328 Å². The van der Waals surface area contributed by atoms with E-state index in [0.717, 1.165) is 77.0 Å². The van der Waals surface area contributed by atoms with Gasteiger partial charge in [0.25, 0.3) is 0 Å². The lowest BCUT2D eigenvalue weighted by Crippen LogP contribution is -2.34. The lowest BCUT2D eigenvalue weighted by atomic mass is 10.1. The van der Waals surface area contributed by atoms with Gasteiger partial charge in [0.1, 0.15) is 12.1 Å². The molecule has 0 aliphatic rings. The summed E-state index contributed by atoms with van der Waals surface area (Å²) in [7, 11) is -4.62. The monoisotopic (exact) mass is 782 g/mol. The first-order valence-electron chi connectivity index (χ1n) is 20.8. The Hall–Kier alpha value is -2.33. The van der Waals surface area contributed by atoms with Crippen molar-refractivity contribution < 1.29 is 42.7 Å². The highest BCUT2D eigenvalue weighted by molar-refractivity contribution is 7.47. The second kappa shape index (κ2) is 38.9. The molecule has 0 saturated heterocycles. The molecule has 312 valence electrons. The Morgan fingerprint density at radius 3 is 1.63 bits per heavy atom. The summed E-state index contributed by atoms with van der Waals surface area (Å²) in [6.07, 6.45) is 45.5. The van der Waals surface area contributed by atoms with Gasteiger partial charge in [-0.15, -0.1) is 0 Å². The van der Waals surface area contributed by atoms with E-state index in [-0.39, 0.29) is 13.0 Å². The van der Waals surface area contributed by atoms with Crippen molar-refractivity contribution in [3.05, 3.63) is 60.8 Å². The lowest BCUT2D eigenvalue weighted by Gasteiger charge is -2.20. The standard InChI is InChI=1S/C43H76NO9P/c1-3-5-7-9-11-13-15-17-19-20-21-23-25-27-29-31-33-35-42(45)53-40(38-51-54(48,49)52-39-41(44)43(46)47)37-50-36-34-32-30-28-26-24-22-18-16-14-12-10-8-6-4-2/h5,7,11,13,16-19,21,23,40-41H,3-4,6,8-10,12,14-15,20,22,24-39,44H2,1-2H3,(H,46,47)(H,48,49)/b7-5-,13-11-,18-16-,19-17-,23-21-. The van der Waals surface area contributed by atoms with Crippen LogP contribution in [0.15, 0.2) is 60.8 Å². The van der Waals surface area contributed by atoms with Gasteiger partial charge in [-0.1, -0.05) is 139 Å². The molecule has 54 heavy (non-hydrogen) atoms. The molecule has 11 heteroatoms. The molecule has 3 unspecified atom stereocenters. The highest BCUT2D eigenvalue weighted by Gasteiger charge is 2.27. The van der Waals surface area contributed by atoms with Gasteiger partial charge >= 0.3 is 19.8 Å². The average Bonchev–Trinajstić information content (AvgIpc) is 3.15. The second-order valence-corrected chi connectivity index (χ2v) is 15.2. The van der Waals surface area contributed by atoms with Gasteiger partial charge in [0.05, 0.1) is 19.8 Å². The molecule has 0 bridgehead atoms. The summed E-state index contributed by atoms with van der Waals surface area (Å²) in [5.74, 6) is -1.81. The molecule has 0 aliphatic heterocycles. The molecule has 0 radical (unpaired) electrons. The number of esters is 1. The van der Waals surface area contributed by atoms with E-state index in [2.05, 4.69) is 74.6 Å². The zero-order chi connectivity index (χ0) is 39.8. The van der Waals surface area contributed by atoms with Gasteiger partial charge in [-0.25, -0.2) is 4.57 Å². The van der Waals surface area contributed by atoms with Crippen LogP contribution in [0.4, 0.5) is 0 Å². The highest BCUT2D eigenvalue weighted by Crippen LogP contribution is 2.43. The number of carbonyl (C=O) groups is 2. The van der Waals surface area contributed by atoms with Gasteiger partial charge in [-0.3, -0.25) is 18.6 Å². The number of aliphatic carboxylic acids is 1. The third-order valence-electron chi connectivity index (χ3n) is 8.53. The van der Waals surface area contributed by atoms with E-state index in [0.29, 0.717) is 13.0 Å². The van der Waals surface area contributed by atoms with Crippen LogP contribution in [0, 0.1) is 0 Å². The maximum atomic E-state index is 12.6. The molecule has 0 saturated carbocycles. The molecule has 0 spiro atoms. The minimum Gasteiger partial charge on any atom is -0.480 e. The predicted octanol–water partition coefficient (Wildman–Crippen LogP) is 11.3. The zero-order valence-electron chi connectivity index (χ0n) is 33.8. The Morgan fingerprint density at radius 1 is 0.611 bits per heavy atom. The first-order valence-corrected chi connectivity index (χ1v) is 22.3. The number of nitrogens with two attached hydrogens (primary N) is 1. The van der Waals surface area contributed by atoms with Crippen molar-refractivity contribution in [3.63, 3.8) is 0 Å². The smallest absolute Gasteiger partial charge is 0.472 e. The van der Waals surface area contributed by atoms with Crippen LogP contribution in [-0.4, -0.2) is 60.5 Å². The normalized spacial score (nSPS) is 14.6. The summed E-state index contributed by atoms with van der Waals surface area (Å²) in [6, 6.07) is -1.48. The number of phosphoric acid groups is 1. The van der Waals surface area contributed by atoms with E-state index < -0.39 is 45.1 Å². The summed E-state index contributed by atoms with van der Waals surface area (Å²) in [6.45, 7) is 3.70. The number of hydrogen-bond acceptors (Lipinski definition) is 8. The van der Waals surface area contributed by atoms with Crippen molar-refractivity contribution >= 4 is 19.8 Å². The van der Waals surface area contributed by atoms with Crippen molar-refractivity contribution in [1.82, 2.24) is 0 Å². The minimum absolute atomic E-state index is 0.000185. The highest BCUT2D eigenvalue weighted by atomic mass is 31.2. The van der Waals surface area contributed by atoms with Gasteiger partial charge in [-0.05, 0) is 77.0 Å². The maximum Gasteiger partial charge on any atom is 0.472 e. The van der Waals surface area contributed by atoms with E-state index in [1.165, 1.54) is 57.8 Å². The van der Waals surface area contributed by atoms with Gasteiger partial charge in [0.2, 0.25) is 0 Å². The maximum absolute atomic E-state index is 12.6. The van der Waals surface area contributed by atoms with Crippen molar-refractivity contribution in [2.75, 3.05) is 26.4 Å². The van der Waals surface area contributed by atoms with E-state index in [1.54, 1.807) is 0 Å². The van der Waals surface area contributed by atoms with Gasteiger partial charge in [-0.2, -0.15) is 0 Å². The number of ether oxygens (including phenoxy) is 2. The van der Waals surface area contributed by atoms with Crippen LogP contribution in [0.1, 0.15) is 162 Å². The molecular formula is C43H76NO9P. The SMILES string of the molecule is CC/C=C\C/C=C\C/C=C\C/C=C\CCCCCCC(=O)OC(COCCCCCCCC/C=C\CCCCCCC)COP(=O)(O)OCC(N)C(=O)O. The van der Waals surface area contributed by atoms with Crippen molar-refractivity contribution in [2.24, 2.45) is 5.73 Å². The fraction of sp³-hybridized carbons (Fsp3) is 0.721. The molecule has 0 aromatic carbocycles. The van der Waals surface area contributed by atoms with Crippen molar-refractivity contribution in [3.8, 4) is 0 Å². The molecule has 0 fully saturated rings. The number of unbranched alkanes of at least 4 members (excludes halogenated alkanes) is 15. The fourth-order valence-electron chi connectivity index (χ4n) is 5.29. The minimum atomic E-state index is -4.62. The van der Waals surface area contributed by atoms with Crippen LogP contribution >= 0.6 is 7.82 Å². The van der Waals surface area contributed by atoms with Gasteiger partial charge in [0, 0.05) is 13.0 Å². The van der Waals surface area contributed by atoms with Crippen LogP contribution in [0.5, 0.6) is 0 Å². The lowest BCUT2D eigenvalue weighted by molar-refractivity contribution is -0.154. The third-order valence-corrected chi connectivity index (χ3v) is 9.48. The number of carboxylic acid groups (broad SMARTS) is 1. The summed E-state index contributed by atoms with van der Waals surface area (Å²) < 4.78 is 33.3. The van der Waals surface area contributed by atoms with Crippen molar-refractivity contribution in [2.45, 2.75) is 174 Å². The van der Waals surface area contributed by atoms with Crippen LogP contribution < -0.4 is 5.73 Å². The molecule has 0 aromatic heterocycles. The van der Waals surface area contributed by atoms with E-state index in [9.17, 15) is 19.0 Å². The number of allylic oxidation sites excluding steroid dienone is 10. The van der Waals surface area contributed by atoms with Crippen molar-refractivity contribution in [1.29, 1.82) is 0 Å². The van der Waals surface area contributed by atoms with Gasteiger partial charge < -0.3 is 25.2 Å². The number of hydrogen-bond donors (Lipinski definition) is 3. The molecule has 0 heterocycles. The Balaban J connectivity index is 4.34. The fourth-order valence-corrected chi connectivity index (χ4v) is 6.07. The topological polar surface area (TPSA) is 155 Å². The molecule has 3 atom stereocenters. The molecule has 10 nitrogen and oxygen atoms in total. The molecule has 4 N–H and O–H groups in total. The van der Waals surface area contributed by atoms with Crippen LogP contribution in [0.25, 0.3) is 0 Å². The number of phosphoric ester groups is 1. The summed E-state index contributed by atoms with van der Waals surface area (Å²) >= 11 is 0. The van der Waals surface area contributed by atoms with E-state index in [1.807, 2.05) is 0 Å². The zero-order valence-corrected chi connectivity index (χ0v) is 34.7. The van der Waals surface area contributed by atoms with E-state index >= 15 is 0 Å². The second-order valence-electron chi connectivity index (χ2n) is 13.7.